The highest BCUT2D eigenvalue weighted by molar-refractivity contribution is 5.78. The monoisotopic (exact) mass is 330 g/mol. The van der Waals surface area contributed by atoms with E-state index < -0.39 is 0 Å². The number of carbonyl (C=O) groups excluding carboxylic acids is 1. The van der Waals surface area contributed by atoms with E-state index in [1.807, 2.05) is 0 Å². The van der Waals surface area contributed by atoms with Crippen LogP contribution < -0.4 is 0 Å². The van der Waals surface area contributed by atoms with Crippen LogP contribution in [0.1, 0.15) is 36.8 Å². The first-order valence-electron chi connectivity index (χ1n) is 7.99. The number of rotatable bonds is 8. The second-order valence-corrected chi connectivity index (χ2v) is 5.89. The van der Waals surface area contributed by atoms with Crippen molar-refractivity contribution < 1.29 is 25.2 Å². The Labute approximate surface area is 140 Å². The zero-order valence-corrected chi connectivity index (χ0v) is 13.4. The summed E-state index contributed by atoms with van der Waals surface area (Å²) in [5.74, 6) is -0.423. The molecule has 0 spiro atoms. The summed E-state index contributed by atoms with van der Waals surface area (Å²) in [7, 11) is 0. The lowest BCUT2D eigenvalue weighted by molar-refractivity contribution is -0.119. The van der Waals surface area contributed by atoms with E-state index in [2.05, 4.69) is 0 Å². The van der Waals surface area contributed by atoms with Crippen LogP contribution in [0, 0.1) is 0 Å². The predicted octanol–water partition coefficient (Wildman–Crippen LogP) is 3.42. The number of aryl methyl sites for hydroxylation is 2. The molecule has 0 saturated heterocycles. The molecule has 128 valence electrons. The van der Waals surface area contributed by atoms with Gasteiger partial charge in [0.25, 0.3) is 0 Å². The summed E-state index contributed by atoms with van der Waals surface area (Å²) in [6.07, 6.45) is 3.78. The first-order chi connectivity index (χ1) is 11.5. The molecule has 0 heterocycles. The van der Waals surface area contributed by atoms with Crippen molar-refractivity contribution in [2.45, 2.75) is 38.5 Å². The van der Waals surface area contributed by atoms with E-state index in [9.17, 15) is 25.2 Å². The second kappa shape index (κ2) is 8.24. The minimum absolute atomic E-state index is 0.124. The molecule has 0 aliphatic heterocycles. The third-order valence-electron chi connectivity index (χ3n) is 3.94. The van der Waals surface area contributed by atoms with E-state index in [0.717, 1.165) is 30.4 Å². The lowest BCUT2D eigenvalue weighted by atomic mass is 10.0. The fourth-order valence-electron chi connectivity index (χ4n) is 2.51. The van der Waals surface area contributed by atoms with Crippen molar-refractivity contribution in [3.05, 3.63) is 47.5 Å². The molecule has 0 saturated carbocycles. The molecular weight excluding hydrogens is 308 g/mol. The molecule has 24 heavy (non-hydrogen) atoms. The summed E-state index contributed by atoms with van der Waals surface area (Å²) >= 11 is 0. The second-order valence-electron chi connectivity index (χ2n) is 5.89. The van der Waals surface area contributed by atoms with Gasteiger partial charge in [-0.15, -0.1) is 0 Å². The van der Waals surface area contributed by atoms with Crippen molar-refractivity contribution in [1.82, 2.24) is 0 Å². The van der Waals surface area contributed by atoms with Crippen LogP contribution in [-0.2, 0) is 17.6 Å². The zero-order valence-electron chi connectivity index (χ0n) is 13.4. The molecule has 0 radical (unpaired) electrons. The van der Waals surface area contributed by atoms with Crippen molar-refractivity contribution in [3.8, 4) is 23.0 Å². The van der Waals surface area contributed by atoms with E-state index in [4.69, 9.17) is 0 Å². The van der Waals surface area contributed by atoms with Gasteiger partial charge in [-0.25, -0.2) is 0 Å². The molecule has 5 nitrogen and oxygen atoms in total. The number of aromatic hydroxyl groups is 4. The number of unbranched alkanes of at least 4 members (excludes halogenated alkanes) is 1. The van der Waals surface area contributed by atoms with Gasteiger partial charge in [0.15, 0.2) is 23.0 Å². The fourth-order valence-corrected chi connectivity index (χ4v) is 2.51. The first-order valence-corrected chi connectivity index (χ1v) is 7.99. The Morgan fingerprint density at radius 3 is 1.75 bits per heavy atom. The van der Waals surface area contributed by atoms with Crippen molar-refractivity contribution in [2.24, 2.45) is 0 Å². The zero-order chi connectivity index (χ0) is 17.5. The quantitative estimate of drug-likeness (QED) is 0.439. The Kier molecular flexibility index (Phi) is 6.07. The Morgan fingerprint density at radius 2 is 1.21 bits per heavy atom. The molecule has 0 aromatic heterocycles. The van der Waals surface area contributed by atoms with E-state index in [-0.39, 0.29) is 28.8 Å². The SMILES string of the molecule is O=C(CCCCc1ccc(O)c(O)c1)CCc1ccc(O)c(O)c1. The molecule has 4 N–H and O–H groups in total. The lowest BCUT2D eigenvalue weighted by Crippen LogP contribution is -2.00. The van der Waals surface area contributed by atoms with E-state index in [1.54, 1.807) is 12.1 Å². The van der Waals surface area contributed by atoms with Gasteiger partial charge in [0.05, 0.1) is 0 Å². The van der Waals surface area contributed by atoms with Gasteiger partial charge in [0.2, 0.25) is 0 Å². The number of carbonyl (C=O) groups is 1. The molecule has 0 atom stereocenters. The summed E-state index contributed by atoms with van der Waals surface area (Å²) in [4.78, 5) is 11.9. The van der Waals surface area contributed by atoms with Crippen molar-refractivity contribution >= 4 is 5.78 Å². The topological polar surface area (TPSA) is 98.0 Å². The van der Waals surface area contributed by atoms with Crippen LogP contribution in [-0.4, -0.2) is 26.2 Å². The fraction of sp³-hybridized carbons (Fsp3) is 0.316. The molecule has 5 heteroatoms. The Balaban J connectivity index is 1.67. The van der Waals surface area contributed by atoms with Crippen LogP contribution in [0.2, 0.25) is 0 Å². The van der Waals surface area contributed by atoms with Crippen LogP contribution in [0.15, 0.2) is 36.4 Å². The number of hydrogen-bond acceptors (Lipinski definition) is 5. The molecule has 0 aliphatic carbocycles. The van der Waals surface area contributed by atoms with Crippen LogP contribution in [0.4, 0.5) is 0 Å². The number of ketones is 1. The third kappa shape index (κ3) is 5.19. The maximum atomic E-state index is 11.9. The molecule has 0 amide bonds. The largest absolute Gasteiger partial charge is 0.504 e. The molecule has 2 aromatic carbocycles. The van der Waals surface area contributed by atoms with Gasteiger partial charge >= 0.3 is 0 Å². The van der Waals surface area contributed by atoms with Crippen LogP contribution in [0.25, 0.3) is 0 Å². The summed E-state index contributed by atoms with van der Waals surface area (Å²) in [5, 5.41) is 37.3. The summed E-state index contributed by atoms with van der Waals surface area (Å²) in [6, 6.07) is 9.34. The van der Waals surface area contributed by atoms with Gasteiger partial charge in [-0.1, -0.05) is 12.1 Å². The van der Waals surface area contributed by atoms with Crippen LogP contribution in [0.3, 0.4) is 0 Å². The number of phenols is 4. The Hall–Kier alpha value is -2.69. The molecule has 2 rings (SSSR count). The Bertz CT molecular complexity index is 709. The highest BCUT2D eigenvalue weighted by Crippen LogP contribution is 2.26. The Morgan fingerprint density at radius 1 is 0.667 bits per heavy atom. The maximum absolute atomic E-state index is 11.9. The first kappa shape index (κ1) is 17.7. The van der Waals surface area contributed by atoms with Crippen molar-refractivity contribution in [1.29, 1.82) is 0 Å². The average molecular weight is 330 g/mol. The van der Waals surface area contributed by atoms with Gasteiger partial charge in [0.1, 0.15) is 5.78 Å². The number of hydrogen-bond donors (Lipinski definition) is 4. The van der Waals surface area contributed by atoms with Gasteiger partial charge in [-0.05, 0) is 61.1 Å². The number of benzene rings is 2. The highest BCUT2D eigenvalue weighted by Gasteiger charge is 2.06. The van der Waals surface area contributed by atoms with E-state index >= 15 is 0 Å². The molecule has 0 aliphatic rings. The maximum Gasteiger partial charge on any atom is 0.157 e. The van der Waals surface area contributed by atoms with Crippen LogP contribution in [0.5, 0.6) is 23.0 Å². The lowest BCUT2D eigenvalue weighted by Gasteiger charge is -2.05. The summed E-state index contributed by atoms with van der Waals surface area (Å²) in [6.45, 7) is 0. The van der Waals surface area contributed by atoms with Crippen LogP contribution >= 0.6 is 0 Å². The molecule has 0 fully saturated rings. The number of Topliss-reactive ketones (excluding diaryl/α,β-unsaturated/α-hetero) is 1. The number of phenolic OH excluding ortho intramolecular Hbond substituents is 4. The molecule has 0 bridgehead atoms. The van der Waals surface area contributed by atoms with Gasteiger partial charge in [-0.2, -0.15) is 0 Å². The van der Waals surface area contributed by atoms with Gasteiger partial charge in [-0.3, -0.25) is 4.79 Å². The summed E-state index contributed by atoms with van der Waals surface area (Å²) < 4.78 is 0. The average Bonchev–Trinajstić information content (AvgIpc) is 2.56. The standard InChI is InChI=1S/C19H22O5/c20-15(8-5-14-7-10-17(22)19(24)12-14)4-2-1-3-13-6-9-16(21)18(23)11-13/h6-7,9-12,21-24H,1-5,8H2. The minimum Gasteiger partial charge on any atom is -0.504 e. The summed E-state index contributed by atoms with van der Waals surface area (Å²) in [5.41, 5.74) is 1.75. The van der Waals surface area contributed by atoms with Gasteiger partial charge in [0, 0.05) is 12.8 Å². The highest BCUT2D eigenvalue weighted by atomic mass is 16.3. The van der Waals surface area contributed by atoms with E-state index in [1.165, 1.54) is 24.3 Å². The van der Waals surface area contributed by atoms with Crippen molar-refractivity contribution in [2.75, 3.05) is 0 Å². The normalized spacial score (nSPS) is 10.7. The van der Waals surface area contributed by atoms with Gasteiger partial charge < -0.3 is 20.4 Å². The van der Waals surface area contributed by atoms with E-state index in [0.29, 0.717) is 19.3 Å². The predicted molar refractivity (Wildman–Crippen MR) is 90.4 cm³/mol. The third-order valence-corrected chi connectivity index (χ3v) is 3.94. The molecular formula is C19H22O5. The van der Waals surface area contributed by atoms with Crippen molar-refractivity contribution in [3.63, 3.8) is 0 Å². The smallest absolute Gasteiger partial charge is 0.157 e. The molecule has 2 aromatic rings. The minimum atomic E-state index is -0.169. The molecule has 0 unspecified atom stereocenters.